The summed E-state index contributed by atoms with van der Waals surface area (Å²) in [5, 5.41) is 2.77. The van der Waals surface area contributed by atoms with Crippen molar-refractivity contribution in [3.63, 3.8) is 0 Å². The van der Waals surface area contributed by atoms with Gasteiger partial charge in [-0.2, -0.15) is 0 Å². The van der Waals surface area contributed by atoms with Crippen molar-refractivity contribution >= 4 is 5.91 Å². The minimum atomic E-state index is -0.403. The Kier molecular flexibility index (Phi) is 4.57. The predicted molar refractivity (Wildman–Crippen MR) is 82.4 cm³/mol. The van der Waals surface area contributed by atoms with E-state index in [1.807, 2.05) is 6.92 Å². The van der Waals surface area contributed by atoms with Gasteiger partial charge in [-0.3, -0.25) is 9.78 Å². The summed E-state index contributed by atoms with van der Waals surface area (Å²) in [6.07, 6.45) is 11.0. The van der Waals surface area contributed by atoms with Crippen LogP contribution >= 0.6 is 0 Å². The average molecular weight is 313 g/mol. The topological polar surface area (TPSA) is 89.9 Å². The van der Waals surface area contributed by atoms with Crippen molar-refractivity contribution in [1.29, 1.82) is 0 Å². The lowest BCUT2D eigenvalue weighted by Gasteiger charge is -2.32. The van der Waals surface area contributed by atoms with E-state index in [9.17, 15) is 4.79 Å². The number of carbonyl (C=O) groups is 1. The van der Waals surface area contributed by atoms with E-state index in [0.717, 1.165) is 31.4 Å². The van der Waals surface area contributed by atoms with Crippen molar-refractivity contribution in [2.75, 3.05) is 6.61 Å². The Morgan fingerprint density at radius 2 is 2.04 bits per heavy atom. The molecule has 7 heteroatoms. The number of nitrogens with zero attached hydrogens (tertiary/aromatic N) is 4. The summed E-state index contributed by atoms with van der Waals surface area (Å²) in [4.78, 5) is 28.6. The van der Waals surface area contributed by atoms with Gasteiger partial charge < -0.3 is 10.1 Å². The molecule has 1 amide bonds. The Morgan fingerprint density at radius 3 is 2.70 bits per heavy atom. The predicted octanol–water partition coefficient (Wildman–Crippen LogP) is 1.61. The zero-order valence-electron chi connectivity index (χ0n) is 13.0. The van der Waals surface area contributed by atoms with E-state index in [2.05, 4.69) is 25.3 Å². The van der Waals surface area contributed by atoms with Gasteiger partial charge in [-0.25, -0.2) is 15.0 Å². The Morgan fingerprint density at radius 1 is 1.22 bits per heavy atom. The molecule has 0 radical (unpaired) electrons. The van der Waals surface area contributed by atoms with Gasteiger partial charge >= 0.3 is 0 Å². The van der Waals surface area contributed by atoms with Crippen molar-refractivity contribution in [2.24, 2.45) is 0 Å². The molecule has 7 nitrogen and oxygen atoms in total. The highest BCUT2D eigenvalue weighted by Gasteiger charge is 2.32. The monoisotopic (exact) mass is 313 g/mol. The van der Waals surface area contributed by atoms with Gasteiger partial charge in [-0.1, -0.05) is 0 Å². The van der Waals surface area contributed by atoms with E-state index < -0.39 is 5.60 Å². The third kappa shape index (κ3) is 3.68. The number of hydrogen-bond donors (Lipinski definition) is 1. The van der Waals surface area contributed by atoms with Crippen LogP contribution in [-0.4, -0.2) is 32.4 Å². The summed E-state index contributed by atoms with van der Waals surface area (Å²) in [5.41, 5.74) is 0.707. The van der Waals surface area contributed by atoms with E-state index in [-0.39, 0.29) is 11.6 Å². The first-order chi connectivity index (χ1) is 11.2. The number of nitrogens with one attached hydrogen (secondary N) is 1. The summed E-state index contributed by atoms with van der Waals surface area (Å²) in [7, 11) is 0. The quantitative estimate of drug-likeness (QED) is 0.922. The molecule has 1 atom stereocenters. The highest BCUT2D eigenvalue weighted by Crippen LogP contribution is 2.32. The van der Waals surface area contributed by atoms with Crippen LogP contribution in [0.4, 0.5) is 0 Å². The second-order valence-corrected chi connectivity index (χ2v) is 5.72. The molecule has 3 rings (SSSR count). The van der Waals surface area contributed by atoms with Crippen molar-refractivity contribution in [3.05, 3.63) is 48.1 Å². The van der Waals surface area contributed by atoms with Crippen molar-refractivity contribution in [3.8, 4) is 0 Å². The maximum atomic E-state index is 11.9. The minimum absolute atomic E-state index is 0.273. The summed E-state index contributed by atoms with van der Waals surface area (Å²) in [6, 6.07) is 0. The van der Waals surface area contributed by atoms with Gasteiger partial charge in [-0.15, -0.1) is 0 Å². The van der Waals surface area contributed by atoms with Gasteiger partial charge in [0.25, 0.3) is 5.91 Å². The Balaban J connectivity index is 1.60. The van der Waals surface area contributed by atoms with Crippen LogP contribution in [0.1, 0.15) is 48.1 Å². The molecule has 1 aliphatic heterocycles. The van der Waals surface area contributed by atoms with Gasteiger partial charge in [0, 0.05) is 43.5 Å². The van der Waals surface area contributed by atoms with Gasteiger partial charge in [0.05, 0.1) is 6.20 Å². The molecule has 120 valence electrons. The number of carbonyl (C=O) groups excluding carboxylic acids is 1. The average Bonchev–Trinajstić information content (AvgIpc) is 2.61. The maximum Gasteiger partial charge on any atom is 0.271 e. The van der Waals surface area contributed by atoms with Crippen LogP contribution in [0.2, 0.25) is 0 Å². The van der Waals surface area contributed by atoms with Crippen LogP contribution < -0.4 is 5.32 Å². The molecule has 2 aromatic rings. The number of ether oxygens (including phenoxy) is 1. The Hall–Kier alpha value is -2.41. The fourth-order valence-electron chi connectivity index (χ4n) is 2.52. The molecule has 0 unspecified atom stereocenters. The summed E-state index contributed by atoms with van der Waals surface area (Å²) < 4.78 is 5.84. The lowest BCUT2D eigenvalue weighted by Crippen LogP contribution is -2.32. The van der Waals surface area contributed by atoms with Crippen LogP contribution in [-0.2, 0) is 16.9 Å². The van der Waals surface area contributed by atoms with Crippen molar-refractivity contribution in [1.82, 2.24) is 25.3 Å². The molecule has 1 fully saturated rings. The lowest BCUT2D eigenvalue weighted by atomic mass is 9.95. The number of amides is 1. The summed E-state index contributed by atoms with van der Waals surface area (Å²) in [5.74, 6) is 0.422. The number of rotatable bonds is 4. The molecule has 2 aromatic heterocycles. The van der Waals surface area contributed by atoms with Crippen LogP contribution in [0, 0.1) is 0 Å². The Labute approximate surface area is 134 Å². The number of aromatic nitrogens is 4. The lowest BCUT2D eigenvalue weighted by molar-refractivity contribution is -0.0760. The summed E-state index contributed by atoms with van der Waals surface area (Å²) >= 11 is 0. The van der Waals surface area contributed by atoms with Gasteiger partial charge in [0.1, 0.15) is 11.3 Å². The maximum absolute atomic E-state index is 11.9. The van der Waals surface area contributed by atoms with Crippen LogP contribution in [0.25, 0.3) is 0 Å². The summed E-state index contributed by atoms with van der Waals surface area (Å²) in [6.45, 7) is 3.11. The third-order valence-electron chi connectivity index (χ3n) is 3.90. The molecule has 1 aliphatic rings. The zero-order valence-corrected chi connectivity index (χ0v) is 13.0. The minimum Gasteiger partial charge on any atom is -0.367 e. The third-order valence-corrected chi connectivity index (χ3v) is 3.90. The smallest absolute Gasteiger partial charge is 0.271 e. The normalized spacial score (nSPS) is 20.9. The van der Waals surface area contributed by atoms with Gasteiger partial charge in [0.15, 0.2) is 5.82 Å². The number of hydrogen-bond acceptors (Lipinski definition) is 6. The van der Waals surface area contributed by atoms with E-state index in [1.165, 1.54) is 18.6 Å². The fraction of sp³-hybridized carbons (Fsp3) is 0.438. The second-order valence-electron chi connectivity index (χ2n) is 5.72. The molecular formula is C16H19N5O2. The molecule has 0 bridgehead atoms. The standard InChI is InChI=1S/C16H19N5O2/c1-16(4-2-3-7-23-16)15-20-9-12(10-21-15)8-19-14(22)13-11-17-5-6-18-13/h5-6,9-11H,2-4,7-8H2,1H3,(H,19,22)/t16-/m1/s1. The van der Waals surface area contributed by atoms with E-state index >= 15 is 0 Å². The highest BCUT2D eigenvalue weighted by atomic mass is 16.5. The molecule has 1 saturated heterocycles. The Bertz CT molecular complexity index is 654. The molecule has 1 N–H and O–H groups in total. The molecular weight excluding hydrogens is 294 g/mol. The highest BCUT2D eigenvalue weighted by molar-refractivity contribution is 5.91. The SMILES string of the molecule is C[C@]1(c2ncc(CNC(=O)c3cnccn3)cn2)CCCCO1. The van der Waals surface area contributed by atoms with Crippen molar-refractivity contribution in [2.45, 2.75) is 38.3 Å². The van der Waals surface area contributed by atoms with E-state index in [0.29, 0.717) is 12.4 Å². The zero-order chi connectivity index (χ0) is 16.1. The fourth-order valence-corrected chi connectivity index (χ4v) is 2.52. The molecule has 0 aliphatic carbocycles. The van der Waals surface area contributed by atoms with E-state index in [1.54, 1.807) is 12.4 Å². The largest absolute Gasteiger partial charge is 0.367 e. The molecule has 3 heterocycles. The first-order valence-electron chi connectivity index (χ1n) is 7.67. The van der Waals surface area contributed by atoms with Crippen LogP contribution in [0.15, 0.2) is 31.0 Å². The molecule has 0 aromatic carbocycles. The second kappa shape index (κ2) is 6.78. The van der Waals surface area contributed by atoms with Crippen LogP contribution in [0.3, 0.4) is 0 Å². The van der Waals surface area contributed by atoms with Gasteiger partial charge in [-0.05, 0) is 26.2 Å². The molecule has 0 saturated carbocycles. The first kappa shape index (κ1) is 15.5. The first-order valence-corrected chi connectivity index (χ1v) is 7.67. The van der Waals surface area contributed by atoms with Crippen LogP contribution in [0.5, 0.6) is 0 Å². The molecule has 0 spiro atoms. The molecule has 23 heavy (non-hydrogen) atoms. The van der Waals surface area contributed by atoms with Gasteiger partial charge in [0.2, 0.25) is 0 Å². The van der Waals surface area contributed by atoms with Crippen molar-refractivity contribution < 1.29 is 9.53 Å². The van der Waals surface area contributed by atoms with E-state index in [4.69, 9.17) is 4.74 Å².